The van der Waals surface area contributed by atoms with Gasteiger partial charge in [0.2, 0.25) is 0 Å². The van der Waals surface area contributed by atoms with Gasteiger partial charge in [0.25, 0.3) is 0 Å². The van der Waals surface area contributed by atoms with Gasteiger partial charge in [-0.15, -0.1) is 0 Å². The summed E-state index contributed by atoms with van der Waals surface area (Å²) in [5.41, 5.74) is 0.956. The van der Waals surface area contributed by atoms with Crippen LogP contribution in [0.1, 0.15) is 73.1 Å². The number of carbonyl (C=O) groups excluding carboxylic acids is 1. The van der Waals surface area contributed by atoms with Crippen molar-refractivity contribution in [3.63, 3.8) is 0 Å². The molecule has 0 radical (unpaired) electrons. The lowest BCUT2D eigenvalue weighted by atomic mass is 9.97. The zero-order chi connectivity index (χ0) is 16.1. The molecule has 0 spiro atoms. The molecular weight excluding hydrogens is 260 g/mol. The molecule has 0 N–H and O–H groups in total. The highest BCUT2D eigenvalue weighted by molar-refractivity contribution is 5.83. The SMILES string of the molecule is CCOC(=O)C=C(C)C=CCC(C)CCCCCC(C)C. The predicted molar refractivity (Wildman–Crippen MR) is 91.2 cm³/mol. The van der Waals surface area contributed by atoms with Crippen LogP contribution in [0.15, 0.2) is 23.8 Å². The van der Waals surface area contributed by atoms with E-state index in [4.69, 9.17) is 4.74 Å². The van der Waals surface area contributed by atoms with E-state index in [1.54, 1.807) is 6.08 Å². The molecule has 0 saturated carbocycles. The first-order valence-corrected chi connectivity index (χ1v) is 8.47. The summed E-state index contributed by atoms with van der Waals surface area (Å²) < 4.78 is 4.88. The number of hydrogen-bond acceptors (Lipinski definition) is 2. The Morgan fingerprint density at radius 3 is 2.38 bits per heavy atom. The molecule has 0 bridgehead atoms. The van der Waals surface area contributed by atoms with Gasteiger partial charge in [-0.2, -0.15) is 0 Å². The van der Waals surface area contributed by atoms with E-state index in [-0.39, 0.29) is 5.97 Å². The van der Waals surface area contributed by atoms with Gasteiger partial charge in [-0.3, -0.25) is 0 Å². The summed E-state index contributed by atoms with van der Waals surface area (Å²) in [7, 11) is 0. The Morgan fingerprint density at radius 1 is 1.10 bits per heavy atom. The molecule has 0 aliphatic carbocycles. The van der Waals surface area contributed by atoms with Gasteiger partial charge in [-0.1, -0.05) is 65.0 Å². The third-order valence-electron chi connectivity index (χ3n) is 3.53. The summed E-state index contributed by atoms with van der Waals surface area (Å²) in [5, 5.41) is 0. The maximum Gasteiger partial charge on any atom is 0.330 e. The highest BCUT2D eigenvalue weighted by atomic mass is 16.5. The van der Waals surface area contributed by atoms with Crippen LogP contribution in [0, 0.1) is 11.8 Å². The number of ether oxygens (including phenoxy) is 1. The second kappa shape index (κ2) is 12.7. The monoisotopic (exact) mass is 294 g/mol. The van der Waals surface area contributed by atoms with E-state index in [0.29, 0.717) is 6.61 Å². The van der Waals surface area contributed by atoms with E-state index in [2.05, 4.69) is 26.8 Å². The normalized spacial score (nSPS) is 13.9. The average molecular weight is 294 g/mol. The van der Waals surface area contributed by atoms with Crippen LogP contribution in [0.4, 0.5) is 0 Å². The minimum Gasteiger partial charge on any atom is -0.463 e. The molecule has 2 nitrogen and oxygen atoms in total. The van der Waals surface area contributed by atoms with E-state index in [0.717, 1.165) is 23.8 Å². The second-order valence-electron chi connectivity index (χ2n) is 6.42. The van der Waals surface area contributed by atoms with Crippen LogP contribution >= 0.6 is 0 Å². The first kappa shape index (κ1) is 19.9. The van der Waals surface area contributed by atoms with Gasteiger partial charge in [0.05, 0.1) is 6.61 Å². The minimum atomic E-state index is -0.252. The van der Waals surface area contributed by atoms with Crippen molar-refractivity contribution in [2.75, 3.05) is 6.61 Å². The Kier molecular flexibility index (Phi) is 12.0. The van der Waals surface area contributed by atoms with Crippen molar-refractivity contribution in [1.82, 2.24) is 0 Å². The fourth-order valence-corrected chi connectivity index (χ4v) is 2.24. The van der Waals surface area contributed by atoms with Crippen molar-refractivity contribution < 1.29 is 9.53 Å². The van der Waals surface area contributed by atoms with Crippen molar-refractivity contribution in [3.8, 4) is 0 Å². The molecule has 0 rings (SSSR count). The Labute approximate surface area is 131 Å². The Balaban J connectivity index is 3.78. The molecule has 0 aromatic heterocycles. The van der Waals surface area contributed by atoms with Gasteiger partial charge in [0.1, 0.15) is 0 Å². The lowest BCUT2D eigenvalue weighted by Crippen LogP contribution is -1.99. The molecule has 122 valence electrons. The Morgan fingerprint density at radius 2 is 1.76 bits per heavy atom. The molecule has 21 heavy (non-hydrogen) atoms. The maximum absolute atomic E-state index is 11.3. The maximum atomic E-state index is 11.3. The lowest BCUT2D eigenvalue weighted by molar-refractivity contribution is -0.137. The molecule has 0 fully saturated rings. The molecule has 0 aliphatic heterocycles. The topological polar surface area (TPSA) is 26.3 Å². The number of rotatable bonds is 11. The summed E-state index contributed by atoms with van der Waals surface area (Å²) in [5.74, 6) is 1.30. The third kappa shape index (κ3) is 13.7. The van der Waals surface area contributed by atoms with Gasteiger partial charge in [-0.25, -0.2) is 4.79 Å². The number of esters is 1. The largest absolute Gasteiger partial charge is 0.463 e. The summed E-state index contributed by atoms with van der Waals surface area (Å²) >= 11 is 0. The molecule has 0 aromatic carbocycles. The molecule has 0 aliphatic rings. The van der Waals surface area contributed by atoms with Crippen molar-refractivity contribution in [3.05, 3.63) is 23.8 Å². The first-order valence-electron chi connectivity index (χ1n) is 8.47. The van der Waals surface area contributed by atoms with Crippen molar-refractivity contribution in [2.24, 2.45) is 11.8 Å². The zero-order valence-electron chi connectivity index (χ0n) is 14.7. The minimum absolute atomic E-state index is 0.252. The van der Waals surface area contributed by atoms with Crippen molar-refractivity contribution in [2.45, 2.75) is 73.1 Å². The molecule has 0 aromatic rings. The highest BCUT2D eigenvalue weighted by Gasteiger charge is 2.01. The van der Waals surface area contributed by atoms with Crippen LogP contribution < -0.4 is 0 Å². The lowest BCUT2D eigenvalue weighted by Gasteiger charge is -2.09. The fraction of sp³-hybridized carbons (Fsp3) is 0.737. The third-order valence-corrected chi connectivity index (χ3v) is 3.53. The fourth-order valence-electron chi connectivity index (χ4n) is 2.24. The molecule has 0 saturated heterocycles. The van der Waals surface area contributed by atoms with Crippen LogP contribution in [0.5, 0.6) is 0 Å². The Bertz CT molecular complexity index is 326. The number of allylic oxidation sites excluding steroid dienone is 3. The van der Waals surface area contributed by atoms with E-state index < -0.39 is 0 Å². The first-order chi connectivity index (χ1) is 9.95. The number of carbonyl (C=O) groups is 1. The van der Waals surface area contributed by atoms with E-state index in [1.807, 2.05) is 19.9 Å². The standard InChI is InChI=1S/C19H34O2/c1-6-21-19(20)15-18(5)14-10-13-17(4)12-9-7-8-11-16(2)3/h10,14-17H,6-9,11-13H2,1-5H3. The summed E-state index contributed by atoms with van der Waals surface area (Å²) in [6.07, 6.45) is 13.5. The van der Waals surface area contributed by atoms with Gasteiger partial charge < -0.3 is 4.74 Å². The second-order valence-corrected chi connectivity index (χ2v) is 6.42. The van der Waals surface area contributed by atoms with Gasteiger partial charge in [0, 0.05) is 6.08 Å². The summed E-state index contributed by atoms with van der Waals surface area (Å²) in [4.78, 5) is 11.3. The van der Waals surface area contributed by atoms with Crippen molar-refractivity contribution >= 4 is 5.97 Å². The van der Waals surface area contributed by atoms with Crippen LogP contribution in [0.3, 0.4) is 0 Å². The molecule has 1 unspecified atom stereocenters. The van der Waals surface area contributed by atoms with Crippen LogP contribution in [-0.4, -0.2) is 12.6 Å². The van der Waals surface area contributed by atoms with Gasteiger partial charge in [-0.05, 0) is 37.7 Å². The predicted octanol–water partition coefficient (Wildman–Crippen LogP) is 5.68. The van der Waals surface area contributed by atoms with Crippen LogP contribution in [0.25, 0.3) is 0 Å². The van der Waals surface area contributed by atoms with Crippen LogP contribution in [-0.2, 0) is 9.53 Å². The van der Waals surface area contributed by atoms with Gasteiger partial charge >= 0.3 is 5.97 Å². The van der Waals surface area contributed by atoms with E-state index in [1.165, 1.54) is 32.1 Å². The average Bonchev–Trinajstić information content (AvgIpc) is 2.38. The van der Waals surface area contributed by atoms with Crippen molar-refractivity contribution in [1.29, 1.82) is 0 Å². The van der Waals surface area contributed by atoms with Crippen LogP contribution in [0.2, 0.25) is 0 Å². The summed E-state index contributed by atoms with van der Waals surface area (Å²) in [6.45, 7) is 11.1. The van der Waals surface area contributed by atoms with E-state index in [9.17, 15) is 4.79 Å². The molecule has 0 heterocycles. The molecular formula is C19H34O2. The summed E-state index contributed by atoms with van der Waals surface area (Å²) in [6, 6.07) is 0. The highest BCUT2D eigenvalue weighted by Crippen LogP contribution is 2.16. The van der Waals surface area contributed by atoms with Gasteiger partial charge in [0.15, 0.2) is 0 Å². The number of unbranched alkanes of at least 4 members (excludes halogenated alkanes) is 2. The Hall–Kier alpha value is -1.05. The molecule has 0 amide bonds. The smallest absolute Gasteiger partial charge is 0.330 e. The number of hydrogen-bond donors (Lipinski definition) is 0. The molecule has 2 heteroatoms. The zero-order valence-corrected chi connectivity index (χ0v) is 14.7. The quantitative estimate of drug-likeness (QED) is 0.212. The van der Waals surface area contributed by atoms with E-state index >= 15 is 0 Å². The molecule has 1 atom stereocenters.